The van der Waals surface area contributed by atoms with Gasteiger partial charge in [0.05, 0.1) is 25.8 Å². The third kappa shape index (κ3) is 3.20. The van der Waals surface area contributed by atoms with Crippen molar-refractivity contribution in [2.24, 2.45) is 0 Å². The molecule has 0 radical (unpaired) electrons. The maximum absolute atomic E-state index is 11.9. The first-order valence-corrected chi connectivity index (χ1v) is 5.63. The predicted octanol–water partition coefficient (Wildman–Crippen LogP) is 1.80. The summed E-state index contributed by atoms with van der Waals surface area (Å²) in [5.41, 5.74) is 1.51. The number of hydrogen-bond acceptors (Lipinski definition) is 4. The highest BCUT2D eigenvalue weighted by molar-refractivity contribution is 6.00. The monoisotopic (exact) mass is 237 g/mol. The SMILES string of the molecule is CCOc1cc(C(=O)CNC)c(OC)cc1C. The Morgan fingerprint density at radius 3 is 2.59 bits per heavy atom. The van der Waals surface area contributed by atoms with E-state index in [0.29, 0.717) is 17.9 Å². The highest BCUT2D eigenvalue weighted by Crippen LogP contribution is 2.28. The number of nitrogens with one attached hydrogen (secondary N) is 1. The van der Waals surface area contributed by atoms with Crippen molar-refractivity contribution in [1.29, 1.82) is 0 Å². The number of aryl methyl sites for hydroxylation is 1. The molecule has 0 aliphatic heterocycles. The van der Waals surface area contributed by atoms with Gasteiger partial charge in [-0.15, -0.1) is 0 Å². The molecule has 0 bridgehead atoms. The fourth-order valence-corrected chi connectivity index (χ4v) is 1.62. The maximum atomic E-state index is 11.9. The summed E-state index contributed by atoms with van der Waals surface area (Å²) in [6.45, 7) is 4.70. The van der Waals surface area contributed by atoms with Gasteiger partial charge in [0.1, 0.15) is 11.5 Å². The summed E-state index contributed by atoms with van der Waals surface area (Å²) >= 11 is 0. The Bertz CT molecular complexity index is 402. The second-order valence-electron chi connectivity index (χ2n) is 3.70. The minimum Gasteiger partial charge on any atom is -0.496 e. The molecule has 0 atom stereocenters. The molecule has 1 aromatic rings. The molecular formula is C13H19NO3. The number of carbonyl (C=O) groups excluding carboxylic acids is 1. The minimum atomic E-state index is -0.00898. The molecule has 0 amide bonds. The molecule has 0 aliphatic rings. The lowest BCUT2D eigenvalue weighted by molar-refractivity contribution is 0.0990. The van der Waals surface area contributed by atoms with Crippen molar-refractivity contribution in [3.8, 4) is 11.5 Å². The fraction of sp³-hybridized carbons (Fsp3) is 0.462. The zero-order valence-corrected chi connectivity index (χ0v) is 10.8. The number of hydrogen-bond donors (Lipinski definition) is 1. The number of benzene rings is 1. The molecule has 0 saturated heterocycles. The quantitative estimate of drug-likeness (QED) is 0.766. The summed E-state index contributed by atoms with van der Waals surface area (Å²) in [7, 11) is 3.30. The summed E-state index contributed by atoms with van der Waals surface area (Å²) in [6, 6.07) is 3.57. The van der Waals surface area contributed by atoms with E-state index in [4.69, 9.17) is 9.47 Å². The van der Waals surface area contributed by atoms with Crippen molar-refractivity contribution in [2.45, 2.75) is 13.8 Å². The molecule has 0 saturated carbocycles. The zero-order chi connectivity index (χ0) is 12.8. The van der Waals surface area contributed by atoms with Crippen molar-refractivity contribution in [1.82, 2.24) is 5.32 Å². The number of Topliss-reactive ketones (excluding diaryl/α,β-unsaturated/α-hetero) is 1. The van der Waals surface area contributed by atoms with Gasteiger partial charge in [-0.2, -0.15) is 0 Å². The van der Waals surface area contributed by atoms with Crippen molar-refractivity contribution in [3.63, 3.8) is 0 Å². The van der Waals surface area contributed by atoms with Crippen LogP contribution in [0, 0.1) is 6.92 Å². The molecule has 17 heavy (non-hydrogen) atoms. The molecule has 4 nitrogen and oxygen atoms in total. The van der Waals surface area contributed by atoms with Gasteiger partial charge in [0.15, 0.2) is 5.78 Å². The van der Waals surface area contributed by atoms with Crippen LogP contribution < -0.4 is 14.8 Å². The number of ether oxygens (including phenoxy) is 2. The van der Waals surface area contributed by atoms with E-state index in [9.17, 15) is 4.79 Å². The molecule has 0 spiro atoms. The highest BCUT2D eigenvalue weighted by Gasteiger charge is 2.14. The van der Waals surface area contributed by atoms with Crippen LogP contribution in [-0.2, 0) is 0 Å². The summed E-state index contributed by atoms with van der Waals surface area (Å²) in [6.07, 6.45) is 0. The lowest BCUT2D eigenvalue weighted by Gasteiger charge is -2.13. The van der Waals surface area contributed by atoms with E-state index < -0.39 is 0 Å². The Hall–Kier alpha value is -1.55. The molecule has 0 heterocycles. The summed E-state index contributed by atoms with van der Waals surface area (Å²) in [5, 5.41) is 2.84. The average Bonchev–Trinajstić information content (AvgIpc) is 2.31. The van der Waals surface area contributed by atoms with E-state index >= 15 is 0 Å². The number of methoxy groups -OCH3 is 1. The lowest BCUT2D eigenvalue weighted by Crippen LogP contribution is -2.19. The fourth-order valence-electron chi connectivity index (χ4n) is 1.62. The van der Waals surface area contributed by atoms with E-state index in [0.717, 1.165) is 11.3 Å². The van der Waals surface area contributed by atoms with Crippen LogP contribution in [0.2, 0.25) is 0 Å². The molecule has 1 N–H and O–H groups in total. The summed E-state index contributed by atoms with van der Waals surface area (Å²) in [5.74, 6) is 1.31. The largest absolute Gasteiger partial charge is 0.496 e. The Morgan fingerprint density at radius 1 is 1.35 bits per heavy atom. The zero-order valence-electron chi connectivity index (χ0n) is 10.8. The van der Waals surface area contributed by atoms with Gasteiger partial charge in [0.25, 0.3) is 0 Å². The molecular weight excluding hydrogens is 218 g/mol. The topological polar surface area (TPSA) is 47.6 Å². The highest BCUT2D eigenvalue weighted by atomic mass is 16.5. The molecule has 0 aliphatic carbocycles. The molecule has 0 unspecified atom stereocenters. The minimum absolute atomic E-state index is 0.00898. The van der Waals surface area contributed by atoms with E-state index in [1.165, 1.54) is 0 Å². The normalized spacial score (nSPS) is 10.1. The maximum Gasteiger partial charge on any atom is 0.180 e. The Kier molecular flexibility index (Phi) is 4.97. The van der Waals surface area contributed by atoms with Crippen LogP contribution in [0.5, 0.6) is 11.5 Å². The van der Waals surface area contributed by atoms with E-state index in [1.807, 2.05) is 19.9 Å². The molecule has 0 fully saturated rings. The van der Waals surface area contributed by atoms with Gasteiger partial charge >= 0.3 is 0 Å². The summed E-state index contributed by atoms with van der Waals surface area (Å²) < 4.78 is 10.7. The van der Waals surface area contributed by atoms with Crippen LogP contribution in [0.3, 0.4) is 0 Å². The molecule has 1 aromatic carbocycles. The van der Waals surface area contributed by atoms with Crippen molar-refractivity contribution in [3.05, 3.63) is 23.3 Å². The van der Waals surface area contributed by atoms with Gasteiger partial charge < -0.3 is 14.8 Å². The number of carbonyl (C=O) groups is 1. The van der Waals surface area contributed by atoms with Gasteiger partial charge in [0, 0.05) is 0 Å². The van der Waals surface area contributed by atoms with E-state index in [2.05, 4.69) is 5.32 Å². The molecule has 4 heteroatoms. The van der Waals surface area contributed by atoms with Crippen LogP contribution >= 0.6 is 0 Å². The van der Waals surface area contributed by atoms with Crippen molar-refractivity contribution < 1.29 is 14.3 Å². The third-order valence-electron chi connectivity index (χ3n) is 2.43. The average molecular weight is 237 g/mol. The van der Waals surface area contributed by atoms with Crippen LogP contribution in [0.4, 0.5) is 0 Å². The van der Waals surface area contributed by atoms with Gasteiger partial charge in [-0.05, 0) is 38.6 Å². The van der Waals surface area contributed by atoms with E-state index in [-0.39, 0.29) is 12.3 Å². The predicted molar refractivity (Wildman–Crippen MR) is 67.2 cm³/mol. The number of ketones is 1. The third-order valence-corrected chi connectivity index (χ3v) is 2.43. The van der Waals surface area contributed by atoms with Gasteiger partial charge in [-0.25, -0.2) is 0 Å². The van der Waals surface area contributed by atoms with Crippen molar-refractivity contribution >= 4 is 5.78 Å². The lowest BCUT2D eigenvalue weighted by atomic mass is 10.1. The Morgan fingerprint density at radius 2 is 2.06 bits per heavy atom. The molecule has 0 aromatic heterocycles. The van der Waals surface area contributed by atoms with Crippen LogP contribution in [0.15, 0.2) is 12.1 Å². The smallest absolute Gasteiger partial charge is 0.180 e. The Labute approximate surface area is 102 Å². The van der Waals surface area contributed by atoms with Crippen molar-refractivity contribution in [2.75, 3.05) is 27.3 Å². The summed E-state index contributed by atoms with van der Waals surface area (Å²) in [4.78, 5) is 11.9. The standard InChI is InChI=1S/C13H19NO3/c1-5-17-12-7-10(11(15)8-14-3)13(16-4)6-9(12)2/h6-7,14H,5,8H2,1-4H3. The molecule has 1 rings (SSSR count). The first-order valence-electron chi connectivity index (χ1n) is 5.63. The van der Waals surface area contributed by atoms with Crippen LogP contribution in [0.1, 0.15) is 22.8 Å². The first-order chi connectivity index (χ1) is 8.13. The van der Waals surface area contributed by atoms with Crippen LogP contribution in [0.25, 0.3) is 0 Å². The number of rotatable bonds is 6. The second kappa shape index (κ2) is 6.25. The van der Waals surface area contributed by atoms with Gasteiger partial charge in [0.2, 0.25) is 0 Å². The number of likely N-dealkylation sites (N-methyl/N-ethyl adjacent to an activating group) is 1. The second-order valence-corrected chi connectivity index (χ2v) is 3.70. The van der Waals surface area contributed by atoms with Gasteiger partial charge in [-0.1, -0.05) is 0 Å². The first kappa shape index (κ1) is 13.5. The molecule has 94 valence electrons. The van der Waals surface area contributed by atoms with Gasteiger partial charge in [-0.3, -0.25) is 4.79 Å². The Balaban J connectivity index is 3.16. The van der Waals surface area contributed by atoms with Crippen LogP contribution in [-0.4, -0.2) is 33.1 Å². The van der Waals surface area contributed by atoms with E-state index in [1.54, 1.807) is 20.2 Å².